The number of furan rings is 1. The molecular formula is C15H21N3O3S. The Hall–Kier alpha value is -1.47. The first-order chi connectivity index (χ1) is 10.7. The lowest BCUT2D eigenvalue weighted by atomic mass is 10.2. The van der Waals surface area contributed by atoms with Crippen molar-refractivity contribution >= 4 is 22.9 Å². The number of nitrogens with one attached hydrogen (secondary N) is 1. The molecule has 2 aliphatic rings. The molecule has 2 aliphatic heterocycles. The van der Waals surface area contributed by atoms with Crippen LogP contribution in [-0.2, 0) is 4.79 Å². The number of amides is 2. The molecule has 0 unspecified atom stereocenters. The number of likely N-dealkylation sites (tertiary alicyclic amines) is 1. The minimum Gasteiger partial charge on any atom is -0.468 e. The van der Waals surface area contributed by atoms with Gasteiger partial charge in [-0.25, -0.2) is 0 Å². The Morgan fingerprint density at radius 2 is 2.18 bits per heavy atom. The summed E-state index contributed by atoms with van der Waals surface area (Å²) in [6, 6.07) is 3.90. The molecule has 3 rings (SSSR count). The first-order valence-corrected chi connectivity index (χ1v) is 8.68. The van der Waals surface area contributed by atoms with Crippen LogP contribution in [0.15, 0.2) is 22.8 Å². The zero-order valence-electron chi connectivity index (χ0n) is 12.5. The lowest BCUT2D eigenvalue weighted by molar-refractivity contribution is -0.121. The molecule has 1 N–H and O–H groups in total. The Labute approximate surface area is 134 Å². The largest absolute Gasteiger partial charge is 0.468 e. The van der Waals surface area contributed by atoms with E-state index in [0.717, 1.165) is 24.6 Å². The van der Waals surface area contributed by atoms with Crippen molar-refractivity contribution in [2.24, 2.45) is 0 Å². The zero-order chi connectivity index (χ0) is 15.4. The van der Waals surface area contributed by atoms with Gasteiger partial charge >= 0.3 is 0 Å². The van der Waals surface area contributed by atoms with Crippen molar-refractivity contribution in [2.45, 2.75) is 18.9 Å². The standard InChI is InChI=1S/C15H21N3O3S/c19-14(11-18-7-9-22-15(18)20)16-10-12(13-4-3-8-21-13)17-5-1-2-6-17/h3-4,8,12H,1-2,5-7,9-11H2,(H,16,19)/t12-/m1/s1. The summed E-state index contributed by atoms with van der Waals surface area (Å²) in [5.74, 6) is 1.55. The summed E-state index contributed by atoms with van der Waals surface area (Å²) in [6.45, 7) is 3.38. The fourth-order valence-electron chi connectivity index (χ4n) is 2.95. The van der Waals surface area contributed by atoms with Gasteiger partial charge < -0.3 is 14.6 Å². The summed E-state index contributed by atoms with van der Waals surface area (Å²) >= 11 is 1.27. The van der Waals surface area contributed by atoms with E-state index >= 15 is 0 Å². The third-order valence-electron chi connectivity index (χ3n) is 4.13. The Morgan fingerprint density at radius 3 is 2.82 bits per heavy atom. The van der Waals surface area contributed by atoms with Crippen LogP contribution >= 0.6 is 11.8 Å². The van der Waals surface area contributed by atoms with Gasteiger partial charge in [0.15, 0.2) is 0 Å². The van der Waals surface area contributed by atoms with E-state index in [2.05, 4.69) is 10.2 Å². The van der Waals surface area contributed by atoms with Crippen molar-refractivity contribution in [2.75, 3.05) is 38.5 Å². The highest BCUT2D eigenvalue weighted by atomic mass is 32.2. The number of thioether (sulfide) groups is 1. The predicted octanol–water partition coefficient (Wildman–Crippen LogP) is 1.70. The van der Waals surface area contributed by atoms with Gasteiger partial charge in [-0.2, -0.15) is 0 Å². The molecule has 1 aromatic rings. The van der Waals surface area contributed by atoms with Gasteiger partial charge in [-0.15, -0.1) is 0 Å². The van der Waals surface area contributed by atoms with Crippen molar-refractivity contribution in [3.05, 3.63) is 24.2 Å². The second-order valence-corrected chi connectivity index (χ2v) is 6.66. The molecule has 0 aliphatic carbocycles. The second-order valence-electron chi connectivity index (χ2n) is 5.61. The summed E-state index contributed by atoms with van der Waals surface area (Å²) in [6.07, 6.45) is 4.04. The van der Waals surface area contributed by atoms with Crippen LogP contribution in [0, 0.1) is 0 Å². The van der Waals surface area contributed by atoms with E-state index in [1.807, 2.05) is 12.1 Å². The van der Waals surface area contributed by atoms with Crippen molar-refractivity contribution in [1.29, 1.82) is 0 Å². The van der Waals surface area contributed by atoms with E-state index in [1.165, 1.54) is 24.6 Å². The predicted molar refractivity (Wildman–Crippen MR) is 84.7 cm³/mol. The topological polar surface area (TPSA) is 65.8 Å². The Kier molecular flexibility index (Phi) is 5.04. The molecule has 22 heavy (non-hydrogen) atoms. The Bertz CT molecular complexity index is 514. The van der Waals surface area contributed by atoms with Gasteiger partial charge in [0.1, 0.15) is 12.3 Å². The normalized spacial score (nSPS) is 20.5. The number of rotatable bonds is 6. The van der Waals surface area contributed by atoms with E-state index in [1.54, 1.807) is 11.2 Å². The third kappa shape index (κ3) is 3.64. The van der Waals surface area contributed by atoms with Crippen molar-refractivity contribution in [3.63, 3.8) is 0 Å². The lowest BCUT2D eigenvalue weighted by Crippen LogP contribution is -2.41. The number of hydrogen-bond acceptors (Lipinski definition) is 5. The fourth-order valence-corrected chi connectivity index (χ4v) is 3.78. The molecule has 1 aromatic heterocycles. The molecule has 0 radical (unpaired) electrons. The first kappa shape index (κ1) is 15.4. The number of carbonyl (C=O) groups excluding carboxylic acids is 2. The van der Waals surface area contributed by atoms with Crippen molar-refractivity contribution in [1.82, 2.24) is 15.1 Å². The molecule has 0 spiro atoms. The van der Waals surface area contributed by atoms with Crippen LogP contribution in [0.2, 0.25) is 0 Å². The highest BCUT2D eigenvalue weighted by Gasteiger charge is 2.27. The molecule has 120 valence electrons. The summed E-state index contributed by atoms with van der Waals surface area (Å²) < 4.78 is 5.53. The van der Waals surface area contributed by atoms with E-state index in [4.69, 9.17) is 4.42 Å². The molecule has 2 amide bonds. The summed E-state index contributed by atoms with van der Waals surface area (Å²) in [5, 5.41) is 2.95. The van der Waals surface area contributed by atoms with Gasteiger partial charge in [0.25, 0.3) is 5.24 Å². The lowest BCUT2D eigenvalue weighted by Gasteiger charge is -2.26. The van der Waals surface area contributed by atoms with Gasteiger partial charge in [0.05, 0.1) is 12.3 Å². The molecule has 2 saturated heterocycles. The van der Waals surface area contributed by atoms with Crippen LogP contribution in [0.5, 0.6) is 0 Å². The van der Waals surface area contributed by atoms with E-state index in [0.29, 0.717) is 13.1 Å². The van der Waals surface area contributed by atoms with Crippen molar-refractivity contribution < 1.29 is 14.0 Å². The van der Waals surface area contributed by atoms with Gasteiger partial charge in [0.2, 0.25) is 5.91 Å². The molecule has 2 fully saturated rings. The SMILES string of the molecule is O=C(CN1CCSC1=O)NC[C@H](c1ccco1)N1CCCC1. The Balaban J connectivity index is 1.54. The molecule has 0 saturated carbocycles. The van der Waals surface area contributed by atoms with Gasteiger partial charge in [-0.05, 0) is 38.1 Å². The van der Waals surface area contributed by atoms with Crippen LogP contribution < -0.4 is 5.32 Å². The molecule has 1 atom stereocenters. The smallest absolute Gasteiger partial charge is 0.282 e. The quantitative estimate of drug-likeness (QED) is 0.863. The highest BCUT2D eigenvalue weighted by Crippen LogP contribution is 2.25. The van der Waals surface area contributed by atoms with Crippen molar-refractivity contribution in [3.8, 4) is 0 Å². The van der Waals surface area contributed by atoms with E-state index in [9.17, 15) is 9.59 Å². The minimum atomic E-state index is -0.105. The van der Waals surface area contributed by atoms with Gasteiger partial charge in [-0.1, -0.05) is 11.8 Å². The number of carbonyl (C=O) groups is 2. The molecular weight excluding hydrogens is 302 g/mol. The van der Waals surface area contributed by atoms with Crippen LogP contribution in [0.3, 0.4) is 0 Å². The third-order valence-corrected chi connectivity index (χ3v) is 5.02. The average molecular weight is 323 g/mol. The highest BCUT2D eigenvalue weighted by molar-refractivity contribution is 8.13. The van der Waals surface area contributed by atoms with Crippen LogP contribution in [0.25, 0.3) is 0 Å². The molecule has 7 heteroatoms. The Morgan fingerprint density at radius 1 is 1.36 bits per heavy atom. The van der Waals surface area contributed by atoms with Crippen LogP contribution in [0.1, 0.15) is 24.6 Å². The maximum atomic E-state index is 12.1. The second kappa shape index (κ2) is 7.19. The molecule has 3 heterocycles. The zero-order valence-corrected chi connectivity index (χ0v) is 13.3. The first-order valence-electron chi connectivity index (χ1n) is 7.70. The maximum Gasteiger partial charge on any atom is 0.282 e. The van der Waals surface area contributed by atoms with Gasteiger partial charge in [-0.3, -0.25) is 14.5 Å². The number of hydrogen-bond donors (Lipinski definition) is 1. The maximum absolute atomic E-state index is 12.1. The minimum absolute atomic E-state index is 0.00252. The average Bonchev–Trinajstić information content (AvgIpc) is 3.23. The van der Waals surface area contributed by atoms with Crippen LogP contribution in [-0.4, -0.2) is 59.4 Å². The van der Waals surface area contributed by atoms with E-state index in [-0.39, 0.29) is 23.7 Å². The van der Waals surface area contributed by atoms with Crippen LogP contribution in [0.4, 0.5) is 4.79 Å². The number of nitrogens with zero attached hydrogens (tertiary/aromatic N) is 2. The fraction of sp³-hybridized carbons (Fsp3) is 0.600. The molecule has 0 aromatic carbocycles. The van der Waals surface area contributed by atoms with Gasteiger partial charge in [0, 0.05) is 18.8 Å². The monoisotopic (exact) mass is 323 g/mol. The summed E-state index contributed by atoms with van der Waals surface area (Å²) in [4.78, 5) is 27.5. The molecule has 6 nitrogen and oxygen atoms in total. The summed E-state index contributed by atoms with van der Waals surface area (Å²) in [7, 11) is 0. The van der Waals surface area contributed by atoms with E-state index < -0.39 is 0 Å². The summed E-state index contributed by atoms with van der Waals surface area (Å²) in [5.41, 5.74) is 0. The molecule has 0 bridgehead atoms.